The first-order chi connectivity index (χ1) is 29.8. The quantitative estimate of drug-likeness (QED) is 0.0262. The Balaban J connectivity index is 2.29. The molecule has 9 heteroatoms. The summed E-state index contributed by atoms with van der Waals surface area (Å²) in [6.07, 6.45) is 46.9. The van der Waals surface area contributed by atoms with Crippen LogP contribution >= 0.6 is 0 Å². The Morgan fingerprint density at radius 1 is 0.574 bits per heavy atom. The van der Waals surface area contributed by atoms with Crippen LogP contribution in [0.5, 0.6) is 0 Å². The number of ether oxygens (including phenoxy) is 2. The zero-order valence-electron chi connectivity index (χ0n) is 39.2. The highest BCUT2D eigenvalue weighted by molar-refractivity contribution is 5.76. The number of allylic oxidation sites excluding steroid dienone is 8. The molecule has 1 amide bonds. The second-order valence-corrected chi connectivity index (χ2v) is 17.6. The fourth-order valence-electron chi connectivity index (χ4n) is 7.92. The van der Waals surface area contributed by atoms with Gasteiger partial charge in [0.15, 0.2) is 6.29 Å². The van der Waals surface area contributed by atoms with Crippen LogP contribution in [0, 0.1) is 0 Å². The maximum atomic E-state index is 13.0. The number of hydrogen-bond donors (Lipinski definition) is 6. The van der Waals surface area contributed by atoms with E-state index in [0.29, 0.717) is 12.8 Å². The molecule has 0 aromatic rings. The maximum absolute atomic E-state index is 13.0. The number of aliphatic hydroxyl groups excluding tert-OH is 5. The lowest BCUT2D eigenvalue weighted by Gasteiger charge is -2.40. The molecule has 6 N–H and O–H groups in total. The van der Waals surface area contributed by atoms with Crippen molar-refractivity contribution in [2.24, 2.45) is 0 Å². The molecule has 1 fully saturated rings. The lowest BCUT2D eigenvalue weighted by Crippen LogP contribution is -2.60. The maximum Gasteiger partial charge on any atom is 0.220 e. The molecule has 1 rings (SSSR count). The van der Waals surface area contributed by atoms with E-state index < -0.39 is 49.5 Å². The van der Waals surface area contributed by atoms with Gasteiger partial charge < -0.3 is 40.3 Å². The van der Waals surface area contributed by atoms with E-state index >= 15 is 0 Å². The van der Waals surface area contributed by atoms with Gasteiger partial charge >= 0.3 is 0 Å². The number of unbranched alkanes of at least 4 members (excludes halogenated alkanes) is 24. The predicted octanol–water partition coefficient (Wildman–Crippen LogP) is 11.4. The lowest BCUT2D eigenvalue weighted by molar-refractivity contribution is -0.302. The van der Waals surface area contributed by atoms with Crippen LogP contribution < -0.4 is 5.32 Å². The van der Waals surface area contributed by atoms with Gasteiger partial charge in [-0.2, -0.15) is 0 Å². The highest BCUT2D eigenvalue weighted by Crippen LogP contribution is 2.23. The van der Waals surface area contributed by atoms with Crippen molar-refractivity contribution in [2.75, 3.05) is 13.2 Å². The fourth-order valence-corrected chi connectivity index (χ4v) is 7.92. The monoisotopic (exact) mass is 862 g/mol. The number of nitrogens with one attached hydrogen (secondary N) is 1. The largest absolute Gasteiger partial charge is 0.394 e. The minimum Gasteiger partial charge on any atom is -0.394 e. The number of amides is 1. The summed E-state index contributed by atoms with van der Waals surface area (Å²) >= 11 is 0. The molecule has 356 valence electrons. The Kier molecular flexibility index (Phi) is 39.5. The van der Waals surface area contributed by atoms with E-state index in [9.17, 15) is 30.3 Å². The van der Waals surface area contributed by atoms with Crippen LogP contribution in [0.3, 0.4) is 0 Å². The SMILES string of the molecule is CC/C=C\C/C=C\C/C=C\C/C=C\CCCCCCCCC(=O)NC(COC1OC(CO)C(O)C(O)C1O)C(O)CCCCCCCCCCCCCCCCCCCCC. The highest BCUT2D eigenvalue weighted by atomic mass is 16.7. The van der Waals surface area contributed by atoms with Crippen LogP contribution in [0.1, 0.15) is 219 Å². The number of carbonyl (C=O) groups excluding carboxylic acids is 1. The molecular formula is C52H95NO8. The molecule has 0 aromatic carbocycles. The minimum absolute atomic E-state index is 0.145. The molecule has 0 spiro atoms. The average Bonchev–Trinajstić information content (AvgIpc) is 3.26. The molecule has 1 heterocycles. The Labute approximate surface area is 373 Å². The molecule has 61 heavy (non-hydrogen) atoms. The second-order valence-electron chi connectivity index (χ2n) is 17.6. The van der Waals surface area contributed by atoms with Gasteiger partial charge in [0, 0.05) is 6.42 Å². The fraction of sp³-hybridized carbons (Fsp3) is 0.827. The molecule has 0 aromatic heterocycles. The molecule has 0 saturated carbocycles. The first-order valence-corrected chi connectivity index (χ1v) is 25.3. The molecule has 1 saturated heterocycles. The van der Waals surface area contributed by atoms with Crippen molar-refractivity contribution >= 4 is 5.91 Å². The van der Waals surface area contributed by atoms with Gasteiger partial charge in [0.2, 0.25) is 5.91 Å². The summed E-state index contributed by atoms with van der Waals surface area (Å²) in [6, 6.07) is -0.728. The van der Waals surface area contributed by atoms with Gasteiger partial charge in [-0.3, -0.25) is 4.79 Å². The van der Waals surface area contributed by atoms with Gasteiger partial charge in [0.25, 0.3) is 0 Å². The molecule has 0 aliphatic carbocycles. The van der Waals surface area contributed by atoms with Gasteiger partial charge in [0.05, 0.1) is 25.4 Å². The Bertz CT molecular complexity index is 1090. The van der Waals surface area contributed by atoms with Crippen LogP contribution in [-0.4, -0.2) is 87.5 Å². The molecule has 7 unspecified atom stereocenters. The number of rotatable bonds is 42. The Morgan fingerprint density at radius 3 is 1.51 bits per heavy atom. The molecule has 7 atom stereocenters. The van der Waals surface area contributed by atoms with Gasteiger partial charge in [-0.05, 0) is 51.4 Å². The summed E-state index contributed by atoms with van der Waals surface area (Å²) < 4.78 is 11.3. The molecule has 9 nitrogen and oxygen atoms in total. The topological polar surface area (TPSA) is 149 Å². The van der Waals surface area contributed by atoms with Crippen molar-refractivity contribution in [1.82, 2.24) is 5.32 Å². The Hall–Kier alpha value is -1.85. The second kappa shape index (κ2) is 42.1. The van der Waals surface area contributed by atoms with E-state index in [0.717, 1.165) is 77.0 Å². The lowest BCUT2D eigenvalue weighted by atomic mass is 9.99. The summed E-state index contributed by atoms with van der Waals surface area (Å²) in [4.78, 5) is 13.0. The molecule has 1 aliphatic rings. The molecular weight excluding hydrogens is 767 g/mol. The van der Waals surface area contributed by atoms with Crippen molar-refractivity contribution in [2.45, 2.75) is 262 Å². The van der Waals surface area contributed by atoms with Crippen molar-refractivity contribution in [3.63, 3.8) is 0 Å². The first kappa shape index (κ1) is 57.2. The number of carbonyl (C=O) groups is 1. The third-order valence-corrected chi connectivity index (χ3v) is 11.9. The Morgan fingerprint density at radius 2 is 1.02 bits per heavy atom. The van der Waals surface area contributed by atoms with Gasteiger partial charge in [-0.25, -0.2) is 0 Å². The zero-order valence-corrected chi connectivity index (χ0v) is 39.2. The zero-order chi connectivity index (χ0) is 44.4. The van der Waals surface area contributed by atoms with Gasteiger partial charge in [-0.1, -0.05) is 210 Å². The predicted molar refractivity (Wildman–Crippen MR) is 253 cm³/mol. The highest BCUT2D eigenvalue weighted by Gasteiger charge is 2.44. The average molecular weight is 862 g/mol. The normalized spacial score (nSPS) is 20.8. The third-order valence-electron chi connectivity index (χ3n) is 11.9. The molecule has 1 aliphatic heterocycles. The van der Waals surface area contributed by atoms with Crippen molar-refractivity contribution in [1.29, 1.82) is 0 Å². The van der Waals surface area contributed by atoms with Crippen molar-refractivity contribution < 1.29 is 39.8 Å². The first-order valence-electron chi connectivity index (χ1n) is 25.3. The summed E-state index contributed by atoms with van der Waals surface area (Å²) in [7, 11) is 0. The smallest absolute Gasteiger partial charge is 0.220 e. The van der Waals surface area contributed by atoms with Crippen LogP contribution in [0.4, 0.5) is 0 Å². The van der Waals surface area contributed by atoms with Crippen LogP contribution in [0.25, 0.3) is 0 Å². The van der Waals surface area contributed by atoms with E-state index in [1.165, 1.54) is 116 Å². The van der Waals surface area contributed by atoms with Crippen molar-refractivity contribution in [3.05, 3.63) is 48.6 Å². The van der Waals surface area contributed by atoms with E-state index in [1.54, 1.807) is 0 Å². The van der Waals surface area contributed by atoms with E-state index in [4.69, 9.17) is 9.47 Å². The van der Waals surface area contributed by atoms with E-state index in [2.05, 4.69) is 67.8 Å². The summed E-state index contributed by atoms with van der Waals surface area (Å²) in [5.41, 5.74) is 0. The number of hydrogen-bond acceptors (Lipinski definition) is 8. The minimum atomic E-state index is -1.56. The standard InChI is InChI=1S/C52H95NO8/c1-3-5-7-9-11-13-15-17-19-21-23-25-27-29-31-33-35-37-39-41-46(55)45(44-60-52-51(59)50(58)49(57)47(43-54)61-52)53-48(56)42-40-38-36-34-32-30-28-26-24-22-20-18-16-14-12-10-8-6-4-2/h6,8,12,14,18,20,24,26,45-47,49-52,54-55,57-59H,3-5,7,9-11,13,15-17,19,21-23,25,27-44H2,1-2H3,(H,53,56)/b8-6-,14-12-,20-18-,26-24-. The third kappa shape index (κ3) is 32.5. The summed E-state index contributed by atoms with van der Waals surface area (Å²) in [5, 5.41) is 54.5. The number of aliphatic hydroxyl groups is 5. The van der Waals surface area contributed by atoms with Crippen LogP contribution in [0.15, 0.2) is 48.6 Å². The van der Waals surface area contributed by atoms with E-state index in [-0.39, 0.29) is 12.5 Å². The summed E-state index contributed by atoms with van der Waals surface area (Å²) in [6.45, 7) is 3.72. The molecule has 0 bridgehead atoms. The van der Waals surface area contributed by atoms with Gasteiger partial charge in [0.1, 0.15) is 24.4 Å². The van der Waals surface area contributed by atoms with Crippen molar-refractivity contribution in [3.8, 4) is 0 Å². The summed E-state index contributed by atoms with van der Waals surface area (Å²) in [5.74, 6) is -0.158. The van der Waals surface area contributed by atoms with E-state index in [1.807, 2.05) is 0 Å². The van der Waals surface area contributed by atoms with Crippen LogP contribution in [-0.2, 0) is 14.3 Å². The van der Waals surface area contributed by atoms with Gasteiger partial charge in [-0.15, -0.1) is 0 Å². The molecule has 0 radical (unpaired) electrons. The van der Waals surface area contributed by atoms with Crippen LogP contribution in [0.2, 0.25) is 0 Å².